The molecule has 0 fully saturated rings. The summed E-state index contributed by atoms with van der Waals surface area (Å²) >= 11 is 0. The van der Waals surface area contributed by atoms with Crippen LogP contribution in [0.1, 0.15) is 48.6 Å². The van der Waals surface area contributed by atoms with Gasteiger partial charge in [0.25, 0.3) is 0 Å². The summed E-state index contributed by atoms with van der Waals surface area (Å²) in [5.74, 6) is 0. The number of alkyl halides is 6. The van der Waals surface area contributed by atoms with Crippen molar-refractivity contribution in [3.63, 3.8) is 0 Å². The van der Waals surface area contributed by atoms with Crippen LogP contribution in [0.15, 0.2) is 111 Å². The highest BCUT2D eigenvalue weighted by Gasteiger charge is 2.39. The van der Waals surface area contributed by atoms with Crippen LogP contribution >= 0.6 is 0 Å². The summed E-state index contributed by atoms with van der Waals surface area (Å²) in [6.45, 7) is 6.83. The Morgan fingerprint density at radius 2 is 1.12 bits per heavy atom. The van der Waals surface area contributed by atoms with Crippen LogP contribution in [0.2, 0.25) is 0 Å². The third-order valence-corrected chi connectivity index (χ3v) is 9.83. The molecule has 0 bridgehead atoms. The highest BCUT2D eigenvalue weighted by Crippen LogP contribution is 2.39. The summed E-state index contributed by atoms with van der Waals surface area (Å²) < 4.78 is 105. The number of benzene rings is 4. The van der Waals surface area contributed by atoms with Crippen molar-refractivity contribution in [2.24, 2.45) is 0 Å². The smallest absolute Gasteiger partial charge is 0.417 e. The van der Waals surface area contributed by atoms with Gasteiger partial charge in [-0.1, -0.05) is 69.3 Å². The van der Waals surface area contributed by atoms with Crippen molar-refractivity contribution >= 4 is 21.0 Å². The van der Waals surface area contributed by atoms with Crippen LogP contribution in [0, 0.1) is 0 Å². The third-order valence-electron chi connectivity index (χ3n) is 6.52. The Morgan fingerprint density at radius 3 is 1.47 bits per heavy atom. The van der Waals surface area contributed by atoms with Crippen molar-refractivity contribution in [2.75, 3.05) is 0 Å². The molecule has 0 spiro atoms. The van der Waals surface area contributed by atoms with Crippen LogP contribution in [0.25, 0.3) is 0 Å². The first-order valence-electron chi connectivity index (χ1n) is 13.3. The highest BCUT2D eigenvalue weighted by molar-refractivity contribution is 7.97. The van der Waals surface area contributed by atoms with Crippen molar-refractivity contribution < 1.29 is 39.3 Å². The summed E-state index contributed by atoms with van der Waals surface area (Å²) in [4.78, 5) is 2.62. The first-order chi connectivity index (χ1) is 20.1. The zero-order valence-corrected chi connectivity index (χ0v) is 25.2. The van der Waals surface area contributed by atoms with E-state index in [1.807, 2.05) is 0 Å². The third kappa shape index (κ3) is 8.64. The Morgan fingerprint density at radius 1 is 0.651 bits per heavy atom. The Kier molecular flexibility index (Phi) is 11.1. The zero-order chi connectivity index (χ0) is 32.0. The molecule has 0 radical (unpaired) electrons. The molecular formula is C32H30F6O3S2. The lowest BCUT2D eigenvalue weighted by Gasteiger charge is -2.17. The van der Waals surface area contributed by atoms with Crippen molar-refractivity contribution in [1.82, 2.24) is 0 Å². The zero-order valence-electron chi connectivity index (χ0n) is 23.6. The molecule has 0 N–H and O–H groups in total. The SMILES string of the molecule is CCc1cc(CC)c([S+](c2ccccc2)c2ccccc2)c(CC)c1.O=S(=O)([O-])c1ccc(C(F)(F)F)cc1C(F)(F)F. The van der Waals surface area contributed by atoms with Gasteiger partial charge in [-0.3, -0.25) is 0 Å². The lowest BCUT2D eigenvalue weighted by molar-refractivity contribution is -0.144. The molecule has 3 nitrogen and oxygen atoms in total. The minimum atomic E-state index is -5.52. The first-order valence-corrected chi connectivity index (χ1v) is 16.0. The predicted molar refractivity (Wildman–Crippen MR) is 154 cm³/mol. The van der Waals surface area contributed by atoms with Gasteiger partial charge >= 0.3 is 12.4 Å². The number of hydrogen-bond acceptors (Lipinski definition) is 3. The Balaban J connectivity index is 0.000000250. The molecule has 4 aromatic rings. The summed E-state index contributed by atoms with van der Waals surface area (Å²) in [5, 5.41) is 0. The topological polar surface area (TPSA) is 57.2 Å². The second-order valence-corrected chi connectivity index (χ2v) is 12.7. The fraction of sp³-hybridized carbons (Fsp3) is 0.250. The molecule has 4 rings (SSSR count). The van der Waals surface area contributed by atoms with E-state index in [2.05, 4.69) is 93.6 Å². The largest absolute Gasteiger partial charge is 0.744 e. The number of aryl methyl sites for hydroxylation is 3. The fourth-order valence-corrected chi connectivity index (χ4v) is 7.66. The van der Waals surface area contributed by atoms with Crippen molar-refractivity contribution in [3.8, 4) is 0 Å². The molecular weight excluding hydrogens is 610 g/mol. The van der Waals surface area contributed by atoms with Crippen molar-refractivity contribution in [3.05, 3.63) is 119 Å². The predicted octanol–water partition coefficient (Wildman–Crippen LogP) is 9.10. The molecule has 11 heteroatoms. The van der Waals surface area contributed by atoms with E-state index in [1.54, 1.807) is 4.90 Å². The van der Waals surface area contributed by atoms with Gasteiger partial charge in [-0.15, -0.1) is 0 Å². The van der Waals surface area contributed by atoms with E-state index >= 15 is 0 Å². The second-order valence-electron chi connectivity index (χ2n) is 9.40. The molecule has 230 valence electrons. The molecule has 0 saturated heterocycles. The maximum atomic E-state index is 12.4. The van der Waals surface area contributed by atoms with E-state index in [1.165, 1.54) is 26.5 Å². The molecule has 0 aliphatic rings. The molecule has 0 atom stereocenters. The van der Waals surface area contributed by atoms with E-state index in [-0.39, 0.29) is 23.0 Å². The summed E-state index contributed by atoms with van der Waals surface area (Å²) in [7, 11) is -5.56. The maximum absolute atomic E-state index is 12.4. The Hall–Kier alpha value is -3.28. The Labute approximate surface area is 250 Å². The summed E-state index contributed by atoms with van der Waals surface area (Å²) in [6.07, 6.45) is -7.19. The monoisotopic (exact) mass is 640 g/mol. The lowest BCUT2D eigenvalue weighted by Crippen LogP contribution is -2.15. The molecule has 0 aliphatic heterocycles. The van der Waals surface area contributed by atoms with Gasteiger partial charge in [0.05, 0.1) is 26.9 Å². The van der Waals surface area contributed by atoms with E-state index in [9.17, 15) is 39.3 Å². The van der Waals surface area contributed by atoms with Gasteiger partial charge < -0.3 is 4.55 Å². The maximum Gasteiger partial charge on any atom is 0.417 e. The normalized spacial score (nSPS) is 12.2. The average molecular weight is 641 g/mol. The van der Waals surface area contributed by atoms with Crippen molar-refractivity contribution in [1.29, 1.82) is 0 Å². The highest BCUT2D eigenvalue weighted by atomic mass is 32.2. The van der Waals surface area contributed by atoms with Gasteiger partial charge in [0.15, 0.2) is 14.7 Å². The van der Waals surface area contributed by atoms with Gasteiger partial charge in [0, 0.05) is 11.1 Å². The van der Waals surface area contributed by atoms with Crippen LogP contribution < -0.4 is 0 Å². The molecule has 0 unspecified atom stereocenters. The number of hydrogen-bond donors (Lipinski definition) is 0. The van der Waals surface area contributed by atoms with Crippen LogP contribution in [-0.2, 0) is 52.6 Å². The molecule has 0 amide bonds. The lowest BCUT2D eigenvalue weighted by atomic mass is 10.0. The van der Waals surface area contributed by atoms with Gasteiger partial charge in [-0.25, -0.2) is 8.42 Å². The van der Waals surface area contributed by atoms with Gasteiger partial charge in [0.2, 0.25) is 0 Å². The Bertz CT molecular complexity index is 1550. The van der Waals surface area contributed by atoms with E-state index in [4.69, 9.17) is 0 Å². The molecule has 0 aromatic heterocycles. The molecule has 0 aliphatic carbocycles. The van der Waals surface area contributed by atoms with Gasteiger partial charge in [-0.05, 0) is 67.3 Å². The van der Waals surface area contributed by atoms with E-state index < -0.39 is 44.6 Å². The summed E-state index contributed by atoms with van der Waals surface area (Å²) in [6, 6.07) is 26.5. The summed E-state index contributed by atoms with van der Waals surface area (Å²) in [5.41, 5.74) is 0.649. The average Bonchev–Trinajstić information content (AvgIpc) is 2.97. The number of rotatable bonds is 7. The van der Waals surface area contributed by atoms with Crippen LogP contribution in [0.5, 0.6) is 0 Å². The van der Waals surface area contributed by atoms with E-state index in [0.717, 1.165) is 19.3 Å². The molecule has 4 aromatic carbocycles. The standard InChI is InChI=1S/C24H27S.C8H4F6O3S/c1-4-19-17-20(5-2)24(21(6-3)18-19)25(22-13-9-7-10-14-22)23-15-11-8-12-16-23;9-7(10,11)4-1-2-6(18(15,16)17)5(3-4)8(12,13)14/h7-18H,4-6H2,1-3H3;1-3H,(H,15,16,17)/q+1;/p-1. The number of halogens is 6. The second kappa shape index (κ2) is 14.0. The minimum absolute atomic E-state index is 0.00597. The van der Waals surface area contributed by atoms with Crippen LogP contribution in [0.3, 0.4) is 0 Å². The van der Waals surface area contributed by atoms with Crippen LogP contribution in [-0.4, -0.2) is 13.0 Å². The van der Waals surface area contributed by atoms with Crippen molar-refractivity contribution in [2.45, 2.75) is 72.0 Å². The minimum Gasteiger partial charge on any atom is -0.744 e. The molecule has 43 heavy (non-hydrogen) atoms. The first kappa shape index (κ1) is 34.2. The molecule has 0 saturated carbocycles. The fourth-order valence-electron chi connectivity index (χ4n) is 4.45. The van der Waals surface area contributed by atoms with Crippen LogP contribution in [0.4, 0.5) is 26.3 Å². The van der Waals surface area contributed by atoms with Gasteiger partial charge in [-0.2, -0.15) is 26.3 Å². The quantitative estimate of drug-likeness (QED) is 0.115. The van der Waals surface area contributed by atoms with Gasteiger partial charge in [0.1, 0.15) is 10.1 Å². The van der Waals surface area contributed by atoms with E-state index in [0.29, 0.717) is 0 Å². The molecule has 0 heterocycles.